The molecular formula is C17H13ClF2N4OS. The van der Waals surface area contributed by atoms with Crippen molar-refractivity contribution in [1.82, 2.24) is 15.3 Å². The molecule has 0 saturated carbocycles. The lowest BCUT2D eigenvalue weighted by atomic mass is 10.2. The summed E-state index contributed by atoms with van der Waals surface area (Å²) in [6, 6.07) is 6.74. The molecule has 2 N–H and O–H groups in total. The Morgan fingerprint density at radius 2 is 2.00 bits per heavy atom. The van der Waals surface area contributed by atoms with E-state index in [4.69, 9.17) is 11.6 Å². The van der Waals surface area contributed by atoms with E-state index in [1.54, 1.807) is 6.92 Å². The van der Waals surface area contributed by atoms with Gasteiger partial charge in [0.25, 0.3) is 5.91 Å². The van der Waals surface area contributed by atoms with Gasteiger partial charge in [0.05, 0.1) is 11.9 Å². The third-order valence-corrected chi connectivity index (χ3v) is 4.84. The summed E-state index contributed by atoms with van der Waals surface area (Å²) in [6.07, 6.45) is 1.09. The number of benzene rings is 1. The minimum atomic E-state index is -0.439. The molecule has 0 aliphatic heterocycles. The molecule has 5 nitrogen and oxygen atoms in total. The molecule has 134 valence electrons. The molecule has 0 saturated heterocycles. The van der Waals surface area contributed by atoms with Crippen LogP contribution in [0.2, 0.25) is 5.02 Å². The van der Waals surface area contributed by atoms with E-state index >= 15 is 0 Å². The molecule has 0 fully saturated rings. The van der Waals surface area contributed by atoms with Gasteiger partial charge in [0, 0.05) is 11.6 Å². The minimum absolute atomic E-state index is 0.164. The largest absolute Gasteiger partial charge is 0.347 e. The third-order valence-electron chi connectivity index (χ3n) is 3.42. The zero-order valence-corrected chi connectivity index (χ0v) is 15.1. The summed E-state index contributed by atoms with van der Waals surface area (Å²) < 4.78 is 25.9. The van der Waals surface area contributed by atoms with Crippen LogP contribution in [0.1, 0.15) is 20.9 Å². The molecular weight excluding hydrogens is 382 g/mol. The maximum absolute atomic E-state index is 13.1. The molecule has 0 aliphatic rings. The first kappa shape index (κ1) is 18.2. The Hall–Kier alpha value is -2.58. The van der Waals surface area contributed by atoms with Gasteiger partial charge >= 0.3 is 0 Å². The summed E-state index contributed by atoms with van der Waals surface area (Å²) in [7, 11) is 0. The standard InChI is InChI=1S/C17H13ClF2N4OS/c1-9-15(16(25)22-7-10-2-3-11(19)6-13(10)18)26-17(23-9)24-14-5-4-12(20)8-21-14/h2-6,8H,7H2,1H3,(H,22,25)(H,21,23,24). The number of anilines is 2. The van der Waals surface area contributed by atoms with Crippen LogP contribution in [0.25, 0.3) is 0 Å². The number of halogens is 3. The predicted octanol–water partition coefficient (Wildman–Crippen LogP) is 4.45. The molecule has 3 rings (SSSR count). The van der Waals surface area contributed by atoms with Crippen molar-refractivity contribution in [2.45, 2.75) is 13.5 Å². The van der Waals surface area contributed by atoms with Crippen molar-refractivity contribution in [1.29, 1.82) is 0 Å². The van der Waals surface area contributed by atoms with Gasteiger partial charge in [-0.2, -0.15) is 0 Å². The van der Waals surface area contributed by atoms with E-state index in [0.717, 1.165) is 17.5 Å². The molecule has 1 amide bonds. The van der Waals surface area contributed by atoms with E-state index in [2.05, 4.69) is 20.6 Å². The average molecular weight is 395 g/mol. The van der Waals surface area contributed by atoms with Crippen molar-refractivity contribution in [2.75, 3.05) is 5.32 Å². The van der Waals surface area contributed by atoms with Crippen molar-refractivity contribution in [2.24, 2.45) is 0 Å². The first-order chi connectivity index (χ1) is 12.4. The Morgan fingerprint density at radius 1 is 1.23 bits per heavy atom. The number of carbonyl (C=O) groups excluding carboxylic acids is 1. The number of rotatable bonds is 5. The topological polar surface area (TPSA) is 66.9 Å². The summed E-state index contributed by atoms with van der Waals surface area (Å²) in [5.41, 5.74) is 1.15. The number of hydrogen-bond acceptors (Lipinski definition) is 5. The number of aromatic nitrogens is 2. The minimum Gasteiger partial charge on any atom is -0.347 e. The highest BCUT2D eigenvalue weighted by molar-refractivity contribution is 7.17. The van der Waals surface area contributed by atoms with Gasteiger partial charge in [-0.15, -0.1) is 0 Å². The Bertz CT molecular complexity index is 946. The van der Waals surface area contributed by atoms with Crippen LogP contribution in [0.5, 0.6) is 0 Å². The van der Waals surface area contributed by atoms with Gasteiger partial charge in [-0.1, -0.05) is 29.0 Å². The number of nitrogens with one attached hydrogen (secondary N) is 2. The Kier molecular flexibility index (Phi) is 5.43. The van der Waals surface area contributed by atoms with Gasteiger partial charge in [-0.05, 0) is 36.8 Å². The van der Waals surface area contributed by atoms with Crippen LogP contribution in [-0.2, 0) is 6.54 Å². The lowest BCUT2D eigenvalue weighted by Gasteiger charge is -2.06. The van der Waals surface area contributed by atoms with Gasteiger partial charge in [0.2, 0.25) is 0 Å². The van der Waals surface area contributed by atoms with Gasteiger partial charge in [-0.25, -0.2) is 18.7 Å². The van der Waals surface area contributed by atoms with Crippen LogP contribution in [-0.4, -0.2) is 15.9 Å². The fourth-order valence-electron chi connectivity index (χ4n) is 2.14. The van der Waals surface area contributed by atoms with Gasteiger partial charge in [0.15, 0.2) is 5.13 Å². The molecule has 0 radical (unpaired) electrons. The fraction of sp³-hybridized carbons (Fsp3) is 0.118. The average Bonchev–Trinajstić information content (AvgIpc) is 2.96. The van der Waals surface area contributed by atoms with Crippen molar-refractivity contribution in [3.63, 3.8) is 0 Å². The van der Waals surface area contributed by atoms with Crippen molar-refractivity contribution in [3.8, 4) is 0 Å². The number of thiazole rings is 1. The molecule has 3 aromatic rings. The second-order valence-corrected chi connectivity index (χ2v) is 6.74. The Labute approximate surface area is 157 Å². The third kappa shape index (κ3) is 4.33. The fourth-order valence-corrected chi connectivity index (χ4v) is 3.26. The molecule has 2 aromatic heterocycles. The molecule has 0 atom stereocenters. The first-order valence-electron chi connectivity index (χ1n) is 7.50. The Balaban J connectivity index is 1.67. The smallest absolute Gasteiger partial charge is 0.263 e. The highest BCUT2D eigenvalue weighted by Crippen LogP contribution is 2.25. The van der Waals surface area contributed by atoms with Crippen LogP contribution in [0, 0.1) is 18.6 Å². The van der Waals surface area contributed by atoms with Crippen LogP contribution < -0.4 is 10.6 Å². The second kappa shape index (κ2) is 7.76. The number of hydrogen-bond donors (Lipinski definition) is 2. The molecule has 0 unspecified atom stereocenters. The normalized spacial score (nSPS) is 10.6. The second-order valence-electron chi connectivity index (χ2n) is 5.34. The highest BCUT2D eigenvalue weighted by Gasteiger charge is 2.16. The van der Waals surface area contributed by atoms with Gasteiger partial charge in [-0.3, -0.25) is 4.79 Å². The number of amides is 1. The molecule has 1 aromatic carbocycles. The highest BCUT2D eigenvalue weighted by atomic mass is 35.5. The predicted molar refractivity (Wildman–Crippen MR) is 96.9 cm³/mol. The number of aryl methyl sites for hydroxylation is 1. The van der Waals surface area contributed by atoms with E-state index in [9.17, 15) is 13.6 Å². The maximum Gasteiger partial charge on any atom is 0.263 e. The summed E-state index contributed by atoms with van der Waals surface area (Å²) >= 11 is 7.10. The SMILES string of the molecule is Cc1nc(Nc2ccc(F)cn2)sc1C(=O)NCc1ccc(F)cc1Cl. The van der Waals surface area contributed by atoms with E-state index in [1.165, 1.54) is 30.3 Å². The zero-order valence-electron chi connectivity index (χ0n) is 13.5. The van der Waals surface area contributed by atoms with E-state index < -0.39 is 11.6 Å². The van der Waals surface area contributed by atoms with Crippen LogP contribution in [0.3, 0.4) is 0 Å². The lowest BCUT2D eigenvalue weighted by Crippen LogP contribution is -2.22. The van der Waals surface area contributed by atoms with Crippen molar-refractivity contribution >= 4 is 39.8 Å². The van der Waals surface area contributed by atoms with Crippen LogP contribution in [0.4, 0.5) is 19.7 Å². The summed E-state index contributed by atoms with van der Waals surface area (Å²) in [6.45, 7) is 1.87. The van der Waals surface area contributed by atoms with E-state index in [-0.39, 0.29) is 17.5 Å². The maximum atomic E-state index is 13.1. The molecule has 2 heterocycles. The molecule has 9 heteroatoms. The van der Waals surface area contributed by atoms with Crippen molar-refractivity contribution < 1.29 is 13.6 Å². The number of pyridine rings is 1. The van der Waals surface area contributed by atoms with Gasteiger partial charge in [0.1, 0.15) is 22.3 Å². The lowest BCUT2D eigenvalue weighted by molar-refractivity contribution is 0.0954. The number of nitrogens with zero attached hydrogens (tertiary/aromatic N) is 2. The van der Waals surface area contributed by atoms with Crippen molar-refractivity contribution in [3.05, 3.63) is 69.3 Å². The monoisotopic (exact) mass is 394 g/mol. The van der Waals surface area contributed by atoms with E-state index in [1.807, 2.05) is 0 Å². The zero-order chi connectivity index (χ0) is 18.7. The summed E-state index contributed by atoms with van der Waals surface area (Å²) in [5, 5.41) is 6.37. The molecule has 0 aliphatic carbocycles. The summed E-state index contributed by atoms with van der Waals surface area (Å²) in [5.74, 6) is -0.774. The van der Waals surface area contributed by atoms with Gasteiger partial charge < -0.3 is 10.6 Å². The molecule has 0 bridgehead atoms. The number of carbonyl (C=O) groups is 1. The molecule has 0 spiro atoms. The Morgan fingerprint density at radius 3 is 2.69 bits per heavy atom. The first-order valence-corrected chi connectivity index (χ1v) is 8.70. The van der Waals surface area contributed by atoms with E-state index in [0.29, 0.717) is 27.1 Å². The molecule has 26 heavy (non-hydrogen) atoms. The van der Waals surface area contributed by atoms with Crippen LogP contribution >= 0.6 is 22.9 Å². The van der Waals surface area contributed by atoms with Crippen LogP contribution in [0.15, 0.2) is 36.5 Å². The quantitative estimate of drug-likeness (QED) is 0.670. The summed E-state index contributed by atoms with van der Waals surface area (Å²) in [4.78, 5) is 21.0.